The first kappa shape index (κ1) is 21.8. The maximum absolute atomic E-state index is 12.4. The summed E-state index contributed by atoms with van der Waals surface area (Å²) in [6, 6.07) is 7.29. The van der Waals surface area contributed by atoms with Crippen LogP contribution in [-0.4, -0.2) is 16.0 Å². The minimum Gasteiger partial charge on any atom is -0.508 e. The Labute approximate surface area is 176 Å². The second kappa shape index (κ2) is 10.8. The van der Waals surface area contributed by atoms with E-state index in [-0.39, 0.29) is 22.8 Å². The van der Waals surface area contributed by atoms with Gasteiger partial charge in [-0.15, -0.1) is 0 Å². The first-order valence-corrected chi connectivity index (χ1v) is 10.9. The number of hydrogen-bond donors (Lipinski definition) is 2. The van der Waals surface area contributed by atoms with Crippen LogP contribution in [0.1, 0.15) is 71.1 Å². The van der Waals surface area contributed by atoms with Crippen molar-refractivity contribution in [1.82, 2.24) is 4.98 Å². The number of fused-ring (bicyclic) bond motifs is 2. The average molecular weight is 411 g/mol. The quantitative estimate of drug-likeness (QED) is 0.305. The van der Waals surface area contributed by atoms with Gasteiger partial charge in [0.2, 0.25) is 5.91 Å². The number of phenolic OH excluding ortho intramolecular Hbond substituents is 1. The van der Waals surface area contributed by atoms with E-state index in [0.29, 0.717) is 28.9 Å². The maximum Gasteiger partial charge on any atom is 0.224 e. The first-order valence-electron chi connectivity index (χ1n) is 10.9. The molecule has 6 heteroatoms. The molecule has 1 aliphatic heterocycles. The molecular formula is C24H30N2O4. The van der Waals surface area contributed by atoms with Crippen molar-refractivity contribution in [3.8, 4) is 17.2 Å². The molecule has 6 nitrogen and oxygen atoms in total. The molecule has 0 unspecified atom stereocenters. The SMILES string of the molecule is CCCCCCCCCCCC(=O)Nc1cc(=O)cc2oc3cc(O)ccc3nc1-2. The lowest BCUT2D eigenvalue weighted by atomic mass is 10.1. The van der Waals surface area contributed by atoms with Crippen LogP contribution in [0, 0.1) is 0 Å². The number of rotatable bonds is 11. The molecule has 0 spiro atoms. The van der Waals surface area contributed by atoms with E-state index in [0.717, 1.165) is 19.3 Å². The highest BCUT2D eigenvalue weighted by molar-refractivity contribution is 5.95. The molecule has 2 N–H and O–H groups in total. The predicted molar refractivity (Wildman–Crippen MR) is 119 cm³/mol. The third-order valence-electron chi connectivity index (χ3n) is 5.23. The van der Waals surface area contributed by atoms with Gasteiger partial charge in [-0.3, -0.25) is 9.59 Å². The van der Waals surface area contributed by atoms with Crippen molar-refractivity contribution in [2.24, 2.45) is 0 Å². The van der Waals surface area contributed by atoms with Crippen molar-refractivity contribution in [2.45, 2.75) is 71.1 Å². The Kier molecular flexibility index (Phi) is 7.82. The molecule has 0 radical (unpaired) electrons. The van der Waals surface area contributed by atoms with Gasteiger partial charge in [-0.1, -0.05) is 58.3 Å². The fraction of sp³-hybridized carbons (Fsp3) is 0.458. The lowest BCUT2D eigenvalue weighted by Gasteiger charge is -2.12. The second-order valence-electron chi connectivity index (χ2n) is 7.81. The van der Waals surface area contributed by atoms with Crippen molar-refractivity contribution >= 4 is 22.7 Å². The smallest absolute Gasteiger partial charge is 0.224 e. The molecule has 2 aliphatic rings. The van der Waals surface area contributed by atoms with Crippen LogP contribution in [0.5, 0.6) is 5.75 Å². The van der Waals surface area contributed by atoms with Gasteiger partial charge in [-0.05, 0) is 18.6 Å². The van der Waals surface area contributed by atoms with E-state index < -0.39 is 0 Å². The third-order valence-corrected chi connectivity index (χ3v) is 5.23. The molecule has 1 heterocycles. The van der Waals surface area contributed by atoms with E-state index in [9.17, 15) is 14.7 Å². The van der Waals surface area contributed by atoms with Gasteiger partial charge in [-0.25, -0.2) is 4.98 Å². The molecular weight excluding hydrogens is 380 g/mol. The van der Waals surface area contributed by atoms with Crippen LogP contribution in [0.15, 0.2) is 39.5 Å². The summed E-state index contributed by atoms with van der Waals surface area (Å²) in [5, 5.41) is 12.4. The highest BCUT2D eigenvalue weighted by atomic mass is 16.3. The van der Waals surface area contributed by atoms with Crippen LogP contribution in [-0.2, 0) is 4.79 Å². The number of anilines is 1. The number of phenols is 1. The number of aromatic nitrogens is 1. The molecule has 0 bridgehead atoms. The maximum atomic E-state index is 12.4. The van der Waals surface area contributed by atoms with Gasteiger partial charge in [0.15, 0.2) is 16.8 Å². The third kappa shape index (κ3) is 6.05. The van der Waals surface area contributed by atoms with Gasteiger partial charge in [-0.2, -0.15) is 0 Å². The summed E-state index contributed by atoms with van der Waals surface area (Å²) < 4.78 is 5.72. The zero-order valence-electron chi connectivity index (χ0n) is 17.6. The number of hydrogen-bond acceptors (Lipinski definition) is 5. The van der Waals surface area contributed by atoms with E-state index in [2.05, 4.69) is 17.2 Å². The summed E-state index contributed by atoms with van der Waals surface area (Å²) >= 11 is 0. The minimum absolute atomic E-state index is 0.0557. The molecule has 0 atom stereocenters. The number of benzene rings is 2. The number of carbonyl (C=O) groups excluding carboxylic acids is 1. The van der Waals surface area contributed by atoms with E-state index in [4.69, 9.17) is 4.42 Å². The molecule has 0 saturated heterocycles. The molecule has 3 rings (SSSR count). The zero-order chi connectivity index (χ0) is 21.3. The summed E-state index contributed by atoms with van der Waals surface area (Å²) in [6.45, 7) is 2.22. The van der Waals surface area contributed by atoms with Crippen molar-refractivity contribution < 1.29 is 14.3 Å². The molecule has 30 heavy (non-hydrogen) atoms. The summed E-state index contributed by atoms with van der Waals surface area (Å²) in [5.74, 6) is 0.205. The molecule has 1 amide bonds. The fourth-order valence-electron chi connectivity index (χ4n) is 3.60. The molecule has 1 aromatic rings. The van der Waals surface area contributed by atoms with Crippen LogP contribution in [0.2, 0.25) is 0 Å². The number of unbranched alkanes of at least 4 members (excludes halogenated alkanes) is 8. The lowest BCUT2D eigenvalue weighted by Crippen LogP contribution is -2.15. The van der Waals surface area contributed by atoms with Gasteiger partial charge >= 0.3 is 0 Å². The number of nitrogens with zero attached hydrogens (tertiary/aromatic N) is 1. The van der Waals surface area contributed by atoms with Crippen LogP contribution in [0.3, 0.4) is 0 Å². The van der Waals surface area contributed by atoms with E-state index in [1.54, 1.807) is 6.07 Å². The highest BCUT2D eigenvalue weighted by Crippen LogP contribution is 2.31. The van der Waals surface area contributed by atoms with Gasteiger partial charge in [0, 0.05) is 24.6 Å². The van der Waals surface area contributed by atoms with E-state index in [1.165, 1.54) is 62.8 Å². The normalized spacial score (nSPS) is 11.2. The highest BCUT2D eigenvalue weighted by Gasteiger charge is 2.17. The van der Waals surface area contributed by atoms with Crippen molar-refractivity contribution in [3.63, 3.8) is 0 Å². The van der Waals surface area contributed by atoms with E-state index in [1.807, 2.05) is 0 Å². The Balaban J connectivity index is 1.55. The summed E-state index contributed by atoms with van der Waals surface area (Å²) in [6.07, 6.45) is 11.1. The van der Waals surface area contributed by atoms with Crippen molar-refractivity contribution in [3.05, 3.63) is 40.6 Å². The predicted octanol–water partition coefficient (Wildman–Crippen LogP) is 5.86. The van der Waals surface area contributed by atoms with Gasteiger partial charge < -0.3 is 14.8 Å². The number of amides is 1. The number of carbonyl (C=O) groups is 1. The van der Waals surface area contributed by atoms with Gasteiger partial charge in [0.1, 0.15) is 17.0 Å². The fourth-order valence-corrected chi connectivity index (χ4v) is 3.60. The van der Waals surface area contributed by atoms with Crippen LogP contribution < -0.4 is 10.7 Å². The Hall–Kier alpha value is -2.89. The Morgan fingerprint density at radius 2 is 1.70 bits per heavy atom. The largest absolute Gasteiger partial charge is 0.508 e. The van der Waals surface area contributed by atoms with Crippen LogP contribution >= 0.6 is 0 Å². The van der Waals surface area contributed by atoms with Crippen LogP contribution in [0.25, 0.3) is 22.6 Å². The molecule has 1 aliphatic carbocycles. The van der Waals surface area contributed by atoms with Crippen LogP contribution in [0.4, 0.5) is 5.69 Å². The van der Waals surface area contributed by atoms with Crippen molar-refractivity contribution in [2.75, 3.05) is 5.32 Å². The standard InChI is InChI=1S/C24H30N2O4/c1-2-3-4-5-6-7-8-9-10-11-23(29)25-20-14-18(28)16-22-24(20)26-19-13-12-17(27)15-21(19)30-22/h12-16,27H,2-11H2,1H3,(H,25,29). The average Bonchev–Trinajstić information content (AvgIpc) is 2.71. The first-order chi connectivity index (χ1) is 14.6. The second-order valence-corrected chi connectivity index (χ2v) is 7.81. The molecule has 160 valence electrons. The Morgan fingerprint density at radius 3 is 2.43 bits per heavy atom. The molecule has 0 saturated carbocycles. The van der Waals surface area contributed by atoms with Gasteiger partial charge in [0.25, 0.3) is 0 Å². The Bertz CT molecular complexity index is 1010. The summed E-state index contributed by atoms with van der Waals surface area (Å²) in [7, 11) is 0. The van der Waals surface area contributed by atoms with E-state index >= 15 is 0 Å². The molecule has 0 aromatic heterocycles. The molecule has 0 fully saturated rings. The summed E-state index contributed by atoms with van der Waals surface area (Å²) in [4.78, 5) is 28.9. The number of aromatic hydroxyl groups is 1. The summed E-state index contributed by atoms with van der Waals surface area (Å²) in [5.41, 5.74) is 1.42. The molecule has 1 aromatic carbocycles. The Morgan fingerprint density at radius 1 is 1.00 bits per heavy atom. The minimum atomic E-state index is -0.272. The zero-order valence-corrected chi connectivity index (χ0v) is 17.6. The topological polar surface area (TPSA) is 92.4 Å². The number of nitrogens with one attached hydrogen (secondary N) is 1. The van der Waals surface area contributed by atoms with Gasteiger partial charge in [0.05, 0.1) is 5.69 Å². The monoisotopic (exact) mass is 410 g/mol. The van der Waals surface area contributed by atoms with Crippen molar-refractivity contribution in [1.29, 1.82) is 0 Å². The lowest BCUT2D eigenvalue weighted by molar-refractivity contribution is -0.116.